The molecule has 19 heavy (non-hydrogen) atoms. The van der Waals surface area contributed by atoms with E-state index >= 15 is 0 Å². The zero-order valence-corrected chi connectivity index (χ0v) is 13.3. The van der Waals surface area contributed by atoms with Crippen molar-refractivity contribution in [3.05, 3.63) is 56.2 Å². The lowest BCUT2D eigenvalue weighted by Crippen LogP contribution is -2.35. The van der Waals surface area contributed by atoms with Gasteiger partial charge in [-0.05, 0) is 37.6 Å². The summed E-state index contributed by atoms with van der Waals surface area (Å²) < 4.78 is 1.09. The Balaban J connectivity index is 2.05. The fourth-order valence-corrected chi connectivity index (χ4v) is 2.82. The Labute approximate surface area is 126 Å². The first-order valence-corrected chi connectivity index (χ1v) is 7.67. The van der Waals surface area contributed by atoms with Gasteiger partial charge in [-0.2, -0.15) is 5.26 Å². The summed E-state index contributed by atoms with van der Waals surface area (Å²) in [6.45, 7) is 5.10. The first-order chi connectivity index (χ1) is 9.01. The number of hydrogen-bond acceptors (Lipinski definition) is 3. The van der Waals surface area contributed by atoms with Crippen LogP contribution in [0.15, 0.2) is 40.2 Å². The van der Waals surface area contributed by atoms with E-state index in [1.54, 1.807) is 11.3 Å². The quantitative estimate of drug-likeness (QED) is 0.898. The molecule has 1 heterocycles. The molecule has 0 bridgehead atoms. The standard InChI is InChI=1S/C15H15BrN2S/c1-15(2,12-3-5-13(16)6-4-12)18-9-14-7-11(8-17)10-19-14/h3-7,10,18H,9H2,1-2H3. The highest BCUT2D eigenvalue weighted by Crippen LogP contribution is 2.23. The SMILES string of the molecule is CC(C)(NCc1cc(C#N)cs1)c1ccc(Br)cc1. The molecule has 0 saturated heterocycles. The number of thiophene rings is 1. The lowest BCUT2D eigenvalue weighted by molar-refractivity contribution is 0.403. The van der Waals surface area contributed by atoms with Crippen LogP contribution in [0.25, 0.3) is 0 Å². The number of nitrogens with zero attached hydrogens (tertiary/aromatic N) is 1. The molecule has 0 aliphatic rings. The molecule has 0 amide bonds. The number of benzene rings is 1. The molecule has 1 N–H and O–H groups in total. The van der Waals surface area contributed by atoms with E-state index in [2.05, 4.69) is 65.4 Å². The van der Waals surface area contributed by atoms with Gasteiger partial charge in [0.15, 0.2) is 0 Å². The molecule has 98 valence electrons. The lowest BCUT2D eigenvalue weighted by atomic mass is 9.94. The van der Waals surface area contributed by atoms with E-state index in [0.717, 1.165) is 16.6 Å². The molecule has 0 saturated carbocycles. The van der Waals surface area contributed by atoms with E-state index in [9.17, 15) is 0 Å². The Morgan fingerprint density at radius 2 is 2.00 bits per heavy atom. The highest BCUT2D eigenvalue weighted by atomic mass is 79.9. The summed E-state index contributed by atoms with van der Waals surface area (Å²) in [7, 11) is 0. The second-order valence-electron chi connectivity index (χ2n) is 4.90. The first kappa shape index (κ1) is 14.3. The zero-order chi connectivity index (χ0) is 13.9. The van der Waals surface area contributed by atoms with Gasteiger partial charge in [0.05, 0.1) is 5.56 Å². The summed E-state index contributed by atoms with van der Waals surface area (Å²) >= 11 is 5.07. The van der Waals surface area contributed by atoms with Gasteiger partial charge < -0.3 is 5.32 Å². The Kier molecular flexibility index (Phi) is 4.41. The van der Waals surface area contributed by atoms with Gasteiger partial charge in [0, 0.05) is 26.8 Å². The van der Waals surface area contributed by atoms with Gasteiger partial charge in [0.1, 0.15) is 6.07 Å². The van der Waals surface area contributed by atoms with Crippen molar-refractivity contribution in [3.63, 3.8) is 0 Å². The predicted octanol–water partition coefficient (Wildman–Crippen LogP) is 4.41. The summed E-state index contributed by atoms with van der Waals surface area (Å²) in [5.74, 6) is 0. The number of nitrogens with one attached hydrogen (secondary N) is 1. The summed E-state index contributed by atoms with van der Waals surface area (Å²) in [5, 5.41) is 14.2. The molecule has 0 atom stereocenters. The van der Waals surface area contributed by atoms with E-state index < -0.39 is 0 Å². The van der Waals surface area contributed by atoms with Crippen molar-refractivity contribution in [2.24, 2.45) is 0 Å². The Morgan fingerprint density at radius 3 is 2.58 bits per heavy atom. The fourth-order valence-electron chi connectivity index (χ4n) is 1.81. The molecule has 1 aromatic heterocycles. The van der Waals surface area contributed by atoms with Crippen LogP contribution in [0.3, 0.4) is 0 Å². The minimum Gasteiger partial charge on any atom is -0.303 e. The molecular formula is C15H15BrN2S. The molecule has 2 nitrogen and oxygen atoms in total. The van der Waals surface area contributed by atoms with E-state index in [1.165, 1.54) is 10.4 Å². The van der Waals surface area contributed by atoms with Crippen molar-refractivity contribution >= 4 is 27.3 Å². The van der Waals surface area contributed by atoms with Gasteiger partial charge in [0.2, 0.25) is 0 Å². The van der Waals surface area contributed by atoms with Crippen LogP contribution in [-0.2, 0) is 12.1 Å². The number of nitriles is 1. The van der Waals surface area contributed by atoms with Crippen LogP contribution >= 0.6 is 27.3 Å². The van der Waals surface area contributed by atoms with Crippen molar-refractivity contribution < 1.29 is 0 Å². The van der Waals surface area contributed by atoms with Crippen LogP contribution in [0.4, 0.5) is 0 Å². The van der Waals surface area contributed by atoms with Crippen molar-refractivity contribution in [1.82, 2.24) is 5.32 Å². The fraction of sp³-hybridized carbons (Fsp3) is 0.267. The second-order valence-corrected chi connectivity index (χ2v) is 6.81. The van der Waals surface area contributed by atoms with Crippen LogP contribution in [0.2, 0.25) is 0 Å². The van der Waals surface area contributed by atoms with Gasteiger partial charge in [-0.1, -0.05) is 28.1 Å². The van der Waals surface area contributed by atoms with Crippen LogP contribution in [-0.4, -0.2) is 0 Å². The van der Waals surface area contributed by atoms with Gasteiger partial charge >= 0.3 is 0 Å². The predicted molar refractivity (Wildman–Crippen MR) is 83.0 cm³/mol. The maximum atomic E-state index is 8.81. The normalized spacial score (nSPS) is 11.3. The topological polar surface area (TPSA) is 35.8 Å². The van der Waals surface area contributed by atoms with Crippen LogP contribution in [0.5, 0.6) is 0 Å². The lowest BCUT2D eigenvalue weighted by Gasteiger charge is -2.27. The molecule has 1 aromatic carbocycles. The summed E-state index contributed by atoms with van der Waals surface area (Å²) in [5.41, 5.74) is 1.88. The number of halogens is 1. The average Bonchev–Trinajstić information content (AvgIpc) is 2.85. The van der Waals surface area contributed by atoms with Gasteiger partial charge in [-0.15, -0.1) is 11.3 Å². The van der Waals surface area contributed by atoms with E-state index in [1.807, 2.05) is 11.4 Å². The van der Waals surface area contributed by atoms with Crippen LogP contribution in [0.1, 0.15) is 29.9 Å². The summed E-state index contributed by atoms with van der Waals surface area (Å²) in [6, 6.07) is 12.4. The maximum Gasteiger partial charge on any atom is 0.100 e. The zero-order valence-electron chi connectivity index (χ0n) is 10.9. The highest BCUT2D eigenvalue weighted by Gasteiger charge is 2.19. The minimum atomic E-state index is -0.0997. The number of rotatable bonds is 4. The molecule has 2 aromatic rings. The summed E-state index contributed by atoms with van der Waals surface area (Å²) in [6.07, 6.45) is 0. The first-order valence-electron chi connectivity index (χ1n) is 6.00. The third-order valence-electron chi connectivity index (χ3n) is 3.05. The van der Waals surface area contributed by atoms with Crippen molar-refractivity contribution in [3.8, 4) is 6.07 Å². The molecule has 0 aliphatic heterocycles. The molecule has 0 radical (unpaired) electrons. The third kappa shape index (κ3) is 3.66. The van der Waals surface area contributed by atoms with Crippen molar-refractivity contribution in [2.45, 2.75) is 25.9 Å². The Hall–Kier alpha value is -1.15. The molecule has 0 unspecified atom stereocenters. The second kappa shape index (κ2) is 5.87. The van der Waals surface area contributed by atoms with Crippen molar-refractivity contribution in [1.29, 1.82) is 5.26 Å². The smallest absolute Gasteiger partial charge is 0.100 e. The van der Waals surface area contributed by atoms with Crippen LogP contribution in [0, 0.1) is 11.3 Å². The van der Waals surface area contributed by atoms with Crippen LogP contribution < -0.4 is 5.32 Å². The molecular weight excluding hydrogens is 320 g/mol. The Bertz CT molecular complexity index is 593. The molecule has 2 rings (SSSR count). The van der Waals surface area contributed by atoms with Gasteiger partial charge in [-0.3, -0.25) is 0 Å². The van der Waals surface area contributed by atoms with E-state index in [-0.39, 0.29) is 5.54 Å². The van der Waals surface area contributed by atoms with Gasteiger partial charge in [-0.25, -0.2) is 0 Å². The van der Waals surface area contributed by atoms with E-state index in [4.69, 9.17) is 5.26 Å². The molecule has 4 heteroatoms. The number of hydrogen-bond donors (Lipinski definition) is 1. The molecule has 0 fully saturated rings. The minimum absolute atomic E-state index is 0.0997. The summed E-state index contributed by atoms with van der Waals surface area (Å²) in [4.78, 5) is 1.18. The van der Waals surface area contributed by atoms with E-state index in [0.29, 0.717) is 0 Å². The third-order valence-corrected chi connectivity index (χ3v) is 4.52. The Morgan fingerprint density at radius 1 is 1.32 bits per heavy atom. The highest BCUT2D eigenvalue weighted by molar-refractivity contribution is 9.10. The largest absolute Gasteiger partial charge is 0.303 e. The maximum absolute atomic E-state index is 8.81. The molecule has 0 spiro atoms. The average molecular weight is 335 g/mol. The molecule has 0 aliphatic carbocycles. The van der Waals surface area contributed by atoms with Gasteiger partial charge in [0.25, 0.3) is 0 Å². The monoisotopic (exact) mass is 334 g/mol. The van der Waals surface area contributed by atoms with Crippen molar-refractivity contribution in [2.75, 3.05) is 0 Å².